The number of nitrogens with zero attached hydrogens (tertiary/aromatic N) is 1. The van der Waals surface area contributed by atoms with Gasteiger partial charge in [-0.2, -0.15) is 0 Å². The van der Waals surface area contributed by atoms with Gasteiger partial charge < -0.3 is 10.1 Å². The summed E-state index contributed by atoms with van der Waals surface area (Å²) in [5, 5.41) is 2.48. The van der Waals surface area contributed by atoms with E-state index in [2.05, 4.69) is 10.3 Å². The highest BCUT2D eigenvalue weighted by molar-refractivity contribution is 6.03. The molecule has 0 aromatic carbocycles. The zero-order valence-electron chi connectivity index (χ0n) is 8.90. The monoisotopic (exact) mass is 220 g/mol. The first kappa shape index (κ1) is 10.6. The Morgan fingerprint density at radius 3 is 2.88 bits per heavy atom. The Morgan fingerprint density at radius 2 is 2.31 bits per heavy atom. The highest BCUT2D eigenvalue weighted by Gasteiger charge is 2.26. The van der Waals surface area contributed by atoms with E-state index in [4.69, 9.17) is 4.74 Å². The minimum absolute atomic E-state index is 0.159. The zero-order chi connectivity index (χ0) is 11.5. The molecule has 0 radical (unpaired) electrons. The summed E-state index contributed by atoms with van der Waals surface area (Å²) in [5.41, 5.74) is 0.511. The third-order valence-corrected chi connectivity index (χ3v) is 2.34. The number of hydrogen-bond acceptors (Lipinski definition) is 4. The van der Waals surface area contributed by atoms with Gasteiger partial charge in [0, 0.05) is 18.8 Å². The smallest absolute Gasteiger partial charge is 0.255 e. The Kier molecular flexibility index (Phi) is 2.85. The van der Waals surface area contributed by atoms with Crippen molar-refractivity contribution in [2.45, 2.75) is 18.9 Å². The Bertz CT molecular complexity index is 427. The van der Waals surface area contributed by atoms with E-state index in [0.29, 0.717) is 12.0 Å². The summed E-state index contributed by atoms with van der Waals surface area (Å²) in [6.45, 7) is 0. The molecular formula is C11H12N2O3. The van der Waals surface area contributed by atoms with Gasteiger partial charge in [0.1, 0.15) is 0 Å². The lowest BCUT2D eigenvalue weighted by Crippen LogP contribution is -2.21. The van der Waals surface area contributed by atoms with Gasteiger partial charge in [-0.3, -0.25) is 14.6 Å². The number of hydrogen-bond donors (Lipinski definition) is 1. The van der Waals surface area contributed by atoms with Crippen LogP contribution in [0.4, 0.5) is 0 Å². The largest absolute Gasteiger partial charge is 0.488 e. The maximum atomic E-state index is 11.6. The summed E-state index contributed by atoms with van der Waals surface area (Å²) in [6, 6.07) is 0. The van der Waals surface area contributed by atoms with Crippen molar-refractivity contribution in [2.24, 2.45) is 0 Å². The number of nitrogens with one attached hydrogen (secondary N) is 1. The predicted octanol–water partition coefficient (Wildman–Crippen LogP) is 0.795. The zero-order valence-corrected chi connectivity index (χ0v) is 8.90. The van der Waals surface area contributed by atoms with Gasteiger partial charge in [0.15, 0.2) is 12.0 Å². The summed E-state index contributed by atoms with van der Waals surface area (Å²) in [4.78, 5) is 26.3. The van der Waals surface area contributed by atoms with E-state index in [1.54, 1.807) is 0 Å². The first-order valence-corrected chi connectivity index (χ1v) is 5.08. The van der Waals surface area contributed by atoms with E-state index >= 15 is 0 Å². The molecule has 84 valence electrons. The molecule has 0 spiro atoms. The Labute approximate surface area is 92.8 Å². The first-order valence-electron chi connectivity index (χ1n) is 5.08. The summed E-state index contributed by atoms with van der Waals surface area (Å²) < 4.78 is 5.54. The van der Waals surface area contributed by atoms with Gasteiger partial charge in [0.25, 0.3) is 5.91 Å². The van der Waals surface area contributed by atoms with Crippen molar-refractivity contribution in [2.75, 3.05) is 7.05 Å². The highest BCUT2D eigenvalue weighted by atomic mass is 16.5. The summed E-state index contributed by atoms with van der Waals surface area (Å²) in [5.74, 6) is 0.0478. The number of aromatic nitrogens is 1. The Hall–Kier alpha value is -1.91. The second-order valence-electron chi connectivity index (χ2n) is 3.62. The average molecular weight is 220 g/mol. The minimum Gasteiger partial charge on any atom is -0.488 e. The van der Waals surface area contributed by atoms with Crippen LogP contribution in [0.25, 0.3) is 0 Å². The molecule has 1 heterocycles. The first-order chi connectivity index (χ1) is 7.76. The van der Waals surface area contributed by atoms with Crippen LogP contribution in [0.5, 0.6) is 5.75 Å². The van der Waals surface area contributed by atoms with Crippen LogP contribution in [0.3, 0.4) is 0 Å². The van der Waals surface area contributed by atoms with Gasteiger partial charge in [-0.05, 0) is 12.8 Å². The SMILES string of the molecule is CNC(=O)c1c(C=O)cncc1OC1CC1. The number of carbonyl (C=O) groups excluding carboxylic acids is 2. The normalized spacial score (nSPS) is 14.3. The number of ether oxygens (including phenoxy) is 1. The van der Waals surface area contributed by atoms with E-state index in [0.717, 1.165) is 12.8 Å². The second kappa shape index (κ2) is 4.30. The van der Waals surface area contributed by atoms with E-state index in [1.807, 2.05) is 0 Å². The summed E-state index contributed by atoms with van der Waals surface area (Å²) >= 11 is 0. The maximum absolute atomic E-state index is 11.6. The lowest BCUT2D eigenvalue weighted by atomic mass is 10.1. The lowest BCUT2D eigenvalue weighted by molar-refractivity contribution is 0.0952. The molecule has 1 amide bonds. The molecule has 1 fully saturated rings. The fourth-order valence-corrected chi connectivity index (χ4v) is 1.37. The summed E-state index contributed by atoms with van der Waals surface area (Å²) in [6.07, 6.45) is 5.56. The van der Waals surface area contributed by atoms with Gasteiger partial charge in [-0.25, -0.2) is 0 Å². The molecule has 1 aliphatic rings. The number of carbonyl (C=O) groups is 2. The Morgan fingerprint density at radius 1 is 1.56 bits per heavy atom. The van der Waals surface area contributed by atoms with Crippen molar-refractivity contribution in [1.82, 2.24) is 10.3 Å². The molecule has 0 bridgehead atoms. The van der Waals surface area contributed by atoms with Crippen LogP contribution in [0, 0.1) is 0 Å². The fourth-order valence-electron chi connectivity index (χ4n) is 1.37. The molecular weight excluding hydrogens is 208 g/mol. The molecule has 5 nitrogen and oxygen atoms in total. The van der Waals surface area contributed by atoms with Crippen LogP contribution in [0.1, 0.15) is 33.6 Å². The van der Waals surface area contributed by atoms with Crippen LogP contribution in [0.2, 0.25) is 0 Å². The highest BCUT2D eigenvalue weighted by Crippen LogP contribution is 2.29. The Balaban J connectivity index is 2.40. The average Bonchev–Trinajstić information content (AvgIpc) is 3.11. The number of rotatable bonds is 4. The van der Waals surface area contributed by atoms with E-state index in [9.17, 15) is 9.59 Å². The van der Waals surface area contributed by atoms with Crippen LogP contribution >= 0.6 is 0 Å². The number of amides is 1. The van der Waals surface area contributed by atoms with Gasteiger partial charge in [-0.1, -0.05) is 0 Å². The lowest BCUT2D eigenvalue weighted by Gasteiger charge is -2.10. The number of aldehydes is 1. The minimum atomic E-state index is -0.333. The topological polar surface area (TPSA) is 68.3 Å². The molecule has 16 heavy (non-hydrogen) atoms. The molecule has 0 unspecified atom stereocenters. The van der Waals surface area contributed by atoms with Gasteiger partial charge in [-0.15, -0.1) is 0 Å². The quantitative estimate of drug-likeness (QED) is 0.762. The van der Waals surface area contributed by atoms with Crippen LogP contribution in [-0.4, -0.2) is 30.3 Å². The molecule has 0 aliphatic heterocycles. The molecule has 0 atom stereocenters. The molecule has 5 heteroatoms. The van der Waals surface area contributed by atoms with Crippen molar-refractivity contribution in [3.05, 3.63) is 23.5 Å². The van der Waals surface area contributed by atoms with Crippen LogP contribution < -0.4 is 10.1 Å². The summed E-state index contributed by atoms with van der Waals surface area (Å²) in [7, 11) is 1.51. The third kappa shape index (κ3) is 2.03. The predicted molar refractivity (Wildman–Crippen MR) is 56.7 cm³/mol. The molecule has 1 aliphatic carbocycles. The molecule has 0 saturated heterocycles. The second-order valence-corrected chi connectivity index (χ2v) is 3.62. The maximum Gasteiger partial charge on any atom is 0.255 e. The molecule has 1 aromatic heterocycles. The van der Waals surface area contributed by atoms with Crippen molar-refractivity contribution in [3.8, 4) is 5.75 Å². The van der Waals surface area contributed by atoms with E-state index < -0.39 is 0 Å². The van der Waals surface area contributed by atoms with Crippen LogP contribution in [0.15, 0.2) is 12.4 Å². The molecule has 2 rings (SSSR count). The molecule has 1 aromatic rings. The van der Waals surface area contributed by atoms with Crippen LogP contribution in [-0.2, 0) is 0 Å². The van der Waals surface area contributed by atoms with Crippen molar-refractivity contribution in [3.63, 3.8) is 0 Å². The van der Waals surface area contributed by atoms with E-state index in [1.165, 1.54) is 19.4 Å². The van der Waals surface area contributed by atoms with Crippen molar-refractivity contribution in [1.29, 1.82) is 0 Å². The number of pyridine rings is 1. The third-order valence-electron chi connectivity index (χ3n) is 2.34. The van der Waals surface area contributed by atoms with Gasteiger partial charge >= 0.3 is 0 Å². The van der Waals surface area contributed by atoms with Crippen molar-refractivity contribution >= 4 is 12.2 Å². The van der Waals surface area contributed by atoms with Gasteiger partial charge in [0.05, 0.1) is 17.9 Å². The van der Waals surface area contributed by atoms with Gasteiger partial charge in [0.2, 0.25) is 0 Å². The van der Waals surface area contributed by atoms with Crippen molar-refractivity contribution < 1.29 is 14.3 Å². The standard InChI is InChI=1S/C11H12N2O3/c1-12-11(15)10-7(6-14)4-13-5-9(10)16-8-2-3-8/h4-6,8H,2-3H2,1H3,(H,12,15). The van der Waals surface area contributed by atoms with E-state index in [-0.39, 0.29) is 23.1 Å². The fraction of sp³-hybridized carbons (Fsp3) is 0.364. The molecule has 1 N–H and O–H groups in total. The molecule has 1 saturated carbocycles.